The van der Waals surface area contributed by atoms with Crippen molar-refractivity contribution in [3.8, 4) is 11.3 Å². The van der Waals surface area contributed by atoms with Gasteiger partial charge in [0.1, 0.15) is 29.0 Å². The van der Waals surface area contributed by atoms with E-state index in [2.05, 4.69) is 5.32 Å². The summed E-state index contributed by atoms with van der Waals surface area (Å²) in [5.74, 6) is 0.303. The van der Waals surface area contributed by atoms with Crippen LogP contribution in [0.15, 0.2) is 42.5 Å². The molecular weight excluding hydrogens is 436 g/mol. The molecule has 2 aromatic carbocycles. The van der Waals surface area contributed by atoms with Gasteiger partial charge in [0.15, 0.2) is 0 Å². The second-order valence-corrected chi connectivity index (χ2v) is 8.57. The van der Waals surface area contributed by atoms with E-state index in [0.717, 1.165) is 0 Å². The number of hydrogen-bond donors (Lipinski definition) is 2. The number of fused-ring (bicyclic) bond motifs is 1. The van der Waals surface area contributed by atoms with E-state index in [-0.39, 0.29) is 22.7 Å². The van der Waals surface area contributed by atoms with Gasteiger partial charge in [0.25, 0.3) is 0 Å². The van der Waals surface area contributed by atoms with Crippen LogP contribution in [0.25, 0.3) is 11.3 Å². The molecule has 1 aliphatic rings. The third-order valence-electron chi connectivity index (χ3n) is 5.59. The van der Waals surface area contributed by atoms with E-state index in [4.69, 9.17) is 22.3 Å². The Kier molecular flexibility index (Phi) is 6.17. The number of carbonyl (C=O) groups excluding carboxylic acids is 1. The Morgan fingerprint density at radius 2 is 1.88 bits per heavy atom. The van der Waals surface area contributed by atoms with E-state index >= 15 is 0 Å². The largest absolute Gasteiger partial charge is 0.340 e. The Morgan fingerprint density at radius 3 is 2.53 bits per heavy atom. The minimum Gasteiger partial charge on any atom is -0.340 e. The molecule has 1 amide bonds. The molecule has 32 heavy (non-hydrogen) atoms. The molecule has 1 atom stereocenters. The first-order valence-corrected chi connectivity index (χ1v) is 10.7. The zero-order chi connectivity index (χ0) is 23.0. The van der Waals surface area contributed by atoms with Crippen LogP contribution in [0.4, 0.5) is 20.3 Å². The summed E-state index contributed by atoms with van der Waals surface area (Å²) >= 11 is 5.81. The Balaban J connectivity index is 1.72. The molecule has 0 aliphatic carbocycles. The highest BCUT2D eigenvalue weighted by Crippen LogP contribution is 2.34. The van der Waals surface area contributed by atoms with Crippen molar-refractivity contribution in [2.75, 3.05) is 11.9 Å². The van der Waals surface area contributed by atoms with Crippen LogP contribution in [-0.2, 0) is 17.9 Å². The zero-order valence-electron chi connectivity index (χ0n) is 17.8. The lowest BCUT2D eigenvalue weighted by atomic mass is 10.0. The van der Waals surface area contributed by atoms with Gasteiger partial charge in [-0.2, -0.15) is 0 Å². The number of amides is 1. The number of nitrogens with two attached hydrogens (primary N) is 1. The molecule has 0 bridgehead atoms. The van der Waals surface area contributed by atoms with Gasteiger partial charge in [0.05, 0.1) is 17.6 Å². The number of rotatable bonds is 5. The average molecular weight is 460 g/mol. The summed E-state index contributed by atoms with van der Waals surface area (Å²) < 4.78 is 29.4. The SMILES string of the molecule is CC(C)[C@@H](N)C(=O)N1CCn2c(nc(-c3ccc(F)cc3)c2Nc2ccc(Cl)c(F)c2)C1. The normalized spacial score (nSPS) is 14.4. The van der Waals surface area contributed by atoms with E-state index in [1.807, 2.05) is 18.4 Å². The van der Waals surface area contributed by atoms with Crippen molar-refractivity contribution in [1.82, 2.24) is 14.5 Å². The summed E-state index contributed by atoms with van der Waals surface area (Å²) in [6, 6.07) is 9.84. The molecule has 3 aromatic rings. The standard InChI is InChI=1S/C23H24ClF2N5O/c1-13(2)20(27)23(32)30-9-10-31-19(12-30)29-21(14-3-5-15(25)6-4-14)22(31)28-16-7-8-17(24)18(26)11-16/h3-8,11,13,20,28H,9-10,12,27H2,1-2H3/t20-/m1/s1. The zero-order valence-corrected chi connectivity index (χ0v) is 18.5. The fourth-order valence-corrected chi connectivity index (χ4v) is 3.78. The highest BCUT2D eigenvalue weighted by atomic mass is 35.5. The number of imidazole rings is 1. The molecule has 0 saturated carbocycles. The van der Waals surface area contributed by atoms with Crippen molar-refractivity contribution in [3.63, 3.8) is 0 Å². The summed E-state index contributed by atoms with van der Waals surface area (Å²) in [6.07, 6.45) is 0. The van der Waals surface area contributed by atoms with Crippen molar-refractivity contribution in [1.29, 1.82) is 0 Å². The van der Waals surface area contributed by atoms with Crippen LogP contribution < -0.4 is 11.1 Å². The number of nitrogens with one attached hydrogen (secondary N) is 1. The maximum absolute atomic E-state index is 14.0. The van der Waals surface area contributed by atoms with Gasteiger partial charge in [-0.3, -0.25) is 4.79 Å². The maximum atomic E-state index is 14.0. The van der Waals surface area contributed by atoms with Crippen molar-refractivity contribution in [3.05, 3.63) is 64.9 Å². The van der Waals surface area contributed by atoms with Crippen LogP contribution in [-0.4, -0.2) is 32.9 Å². The van der Waals surface area contributed by atoms with E-state index in [9.17, 15) is 13.6 Å². The van der Waals surface area contributed by atoms with Gasteiger partial charge in [-0.1, -0.05) is 25.4 Å². The number of nitrogens with zero attached hydrogens (tertiary/aromatic N) is 3. The second kappa shape index (κ2) is 8.88. The monoisotopic (exact) mass is 459 g/mol. The van der Waals surface area contributed by atoms with Crippen LogP contribution in [0.3, 0.4) is 0 Å². The van der Waals surface area contributed by atoms with E-state index in [1.54, 1.807) is 23.1 Å². The Morgan fingerprint density at radius 1 is 1.16 bits per heavy atom. The van der Waals surface area contributed by atoms with Crippen molar-refractivity contribution >= 4 is 29.0 Å². The molecule has 6 nitrogen and oxygen atoms in total. The van der Waals surface area contributed by atoms with Crippen LogP contribution in [0.2, 0.25) is 5.02 Å². The highest BCUT2D eigenvalue weighted by molar-refractivity contribution is 6.30. The molecule has 9 heteroatoms. The summed E-state index contributed by atoms with van der Waals surface area (Å²) in [5.41, 5.74) is 7.84. The summed E-state index contributed by atoms with van der Waals surface area (Å²) in [7, 11) is 0. The second-order valence-electron chi connectivity index (χ2n) is 8.17. The van der Waals surface area contributed by atoms with Crippen LogP contribution in [0.1, 0.15) is 19.7 Å². The van der Waals surface area contributed by atoms with Crippen molar-refractivity contribution < 1.29 is 13.6 Å². The van der Waals surface area contributed by atoms with Gasteiger partial charge >= 0.3 is 0 Å². The van der Waals surface area contributed by atoms with E-state index in [0.29, 0.717) is 48.2 Å². The lowest BCUT2D eigenvalue weighted by Gasteiger charge is -2.31. The summed E-state index contributed by atoms with van der Waals surface area (Å²) in [5, 5.41) is 3.25. The van der Waals surface area contributed by atoms with Crippen LogP contribution >= 0.6 is 11.6 Å². The molecule has 3 N–H and O–H groups in total. The molecule has 0 saturated heterocycles. The predicted molar refractivity (Wildman–Crippen MR) is 121 cm³/mol. The molecule has 0 radical (unpaired) electrons. The van der Waals surface area contributed by atoms with Crippen LogP contribution in [0.5, 0.6) is 0 Å². The molecule has 1 aliphatic heterocycles. The molecule has 0 unspecified atom stereocenters. The van der Waals surface area contributed by atoms with Gasteiger partial charge in [-0.15, -0.1) is 0 Å². The number of hydrogen-bond acceptors (Lipinski definition) is 4. The third kappa shape index (κ3) is 4.33. The van der Waals surface area contributed by atoms with Crippen molar-refractivity contribution in [2.24, 2.45) is 11.7 Å². The van der Waals surface area contributed by atoms with Gasteiger partial charge < -0.3 is 20.5 Å². The summed E-state index contributed by atoms with van der Waals surface area (Å²) in [4.78, 5) is 19.2. The topological polar surface area (TPSA) is 76.2 Å². The van der Waals surface area contributed by atoms with E-state index < -0.39 is 11.9 Å². The first kappa shape index (κ1) is 22.2. The fraction of sp³-hybridized carbons (Fsp3) is 0.304. The molecule has 1 aromatic heterocycles. The lowest BCUT2D eigenvalue weighted by Crippen LogP contribution is -2.49. The highest BCUT2D eigenvalue weighted by Gasteiger charge is 2.30. The molecule has 2 heterocycles. The van der Waals surface area contributed by atoms with Gasteiger partial charge in [-0.25, -0.2) is 13.8 Å². The maximum Gasteiger partial charge on any atom is 0.240 e. The Labute approximate surface area is 190 Å². The third-order valence-corrected chi connectivity index (χ3v) is 5.89. The molecule has 0 spiro atoms. The van der Waals surface area contributed by atoms with Gasteiger partial charge in [0, 0.05) is 24.3 Å². The van der Waals surface area contributed by atoms with Gasteiger partial charge in [0.2, 0.25) is 5.91 Å². The average Bonchev–Trinajstić information content (AvgIpc) is 3.13. The first-order valence-electron chi connectivity index (χ1n) is 10.4. The summed E-state index contributed by atoms with van der Waals surface area (Å²) in [6.45, 7) is 5.07. The van der Waals surface area contributed by atoms with Crippen molar-refractivity contribution in [2.45, 2.75) is 33.0 Å². The molecule has 168 valence electrons. The molecule has 0 fully saturated rings. The number of benzene rings is 2. The Hall–Kier alpha value is -2.97. The lowest BCUT2D eigenvalue weighted by molar-refractivity contribution is -0.135. The quantitative estimate of drug-likeness (QED) is 0.587. The smallest absolute Gasteiger partial charge is 0.240 e. The number of halogens is 3. The van der Waals surface area contributed by atoms with E-state index in [1.165, 1.54) is 24.3 Å². The number of anilines is 2. The fourth-order valence-electron chi connectivity index (χ4n) is 3.66. The Bertz CT molecular complexity index is 1150. The minimum atomic E-state index is -0.581. The molecule has 4 rings (SSSR count). The number of aromatic nitrogens is 2. The predicted octanol–water partition coefficient (Wildman–Crippen LogP) is 4.55. The molecular formula is C23H24ClF2N5O. The van der Waals surface area contributed by atoms with Gasteiger partial charge in [-0.05, 0) is 48.4 Å². The van der Waals surface area contributed by atoms with Crippen LogP contribution in [0, 0.1) is 17.6 Å². The minimum absolute atomic E-state index is 0.0241. The first-order chi connectivity index (χ1) is 15.2. The number of carbonyl (C=O) groups is 1.